The second-order valence-electron chi connectivity index (χ2n) is 5.57. The van der Waals surface area contributed by atoms with E-state index in [9.17, 15) is 0 Å². The Hall–Kier alpha value is -3.03. The summed E-state index contributed by atoms with van der Waals surface area (Å²) in [4.78, 5) is 21.7. The van der Waals surface area contributed by atoms with Gasteiger partial charge in [-0.2, -0.15) is 4.98 Å². The van der Waals surface area contributed by atoms with E-state index in [1.54, 1.807) is 19.4 Å². The molecule has 8 nitrogen and oxygen atoms in total. The Morgan fingerprint density at radius 3 is 2.58 bits per heavy atom. The van der Waals surface area contributed by atoms with Gasteiger partial charge in [-0.3, -0.25) is 0 Å². The zero-order chi connectivity index (χ0) is 16.4. The van der Waals surface area contributed by atoms with Crippen molar-refractivity contribution in [1.29, 1.82) is 0 Å². The molecule has 3 aromatic heterocycles. The first-order valence-electron chi connectivity index (χ1n) is 7.83. The molecule has 3 aromatic rings. The van der Waals surface area contributed by atoms with Crippen molar-refractivity contribution in [2.24, 2.45) is 0 Å². The van der Waals surface area contributed by atoms with Crippen LogP contribution in [0.5, 0.6) is 0 Å². The van der Waals surface area contributed by atoms with Crippen LogP contribution >= 0.6 is 0 Å². The van der Waals surface area contributed by atoms with Gasteiger partial charge in [-0.25, -0.2) is 15.0 Å². The van der Waals surface area contributed by atoms with Crippen molar-refractivity contribution in [3.8, 4) is 11.5 Å². The topological polar surface area (TPSA) is 84.1 Å². The molecule has 1 aliphatic rings. The van der Waals surface area contributed by atoms with Gasteiger partial charge >= 0.3 is 0 Å². The predicted molar refractivity (Wildman–Crippen MR) is 88.7 cm³/mol. The van der Waals surface area contributed by atoms with Crippen LogP contribution in [0, 0.1) is 6.92 Å². The van der Waals surface area contributed by atoms with E-state index < -0.39 is 0 Å². The molecule has 0 unspecified atom stereocenters. The molecule has 4 rings (SSSR count). The van der Waals surface area contributed by atoms with Crippen LogP contribution in [0.25, 0.3) is 11.5 Å². The van der Waals surface area contributed by atoms with Crippen molar-refractivity contribution in [1.82, 2.24) is 25.1 Å². The molecule has 8 heteroatoms. The SMILES string of the molecule is Cc1noc(-c2cncnc2N2CCN(c3ccccn3)CC2)n1. The molecule has 24 heavy (non-hydrogen) atoms. The Morgan fingerprint density at radius 2 is 1.88 bits per heavy atom. The maximum Gasteiger partial charge on any atom is 0.263 e. The normalized spacial score (nSPS) is 14.9. The first kappa shape index (κ1) is 14.6. The number of rotatable bonds is 3. The highest BCUT2D eigenvalue weighted by Gasteiger charge is 2.23. The number of aryl methyl sites for hydroxylation is 1. The highest BCUT2D eigenvalue weighted by Crippen LogP contribution is 2.27. The first-order valence-corrected chi connectivity index (χ1v) is 7.83. The molecule has 0 N–H and O–H groups in total. The fourth-order valence-electron chi connectivity index (χ4n) is 2.82. The van der Waals surface area contributed by atoms with E-state index >= 15 is 0 Å². The molecule has 1 fully saturated rings. The lowest BCUT2D eigenvalue weighted by Gasteiger charge is -2.36. The summed E-state index contributed by atoms with van der Waals surface area (Å²) in [6.07, 6.45) is 5.09. The summed E-state index contributed by atoms with van der Waals surface area (Å²) in [6, 6.07) is 5.97. The molecule has 122 valence electrons. The molecule has 1 saturated heterocycles. The average Bonchev–Trinajstić information content (AvgIpc) is 3.09. The van der Waals surface area contributed by atoms with Gasteiger partial charge in [-0.05, 0) is 19.1 Å². The Morgan fingerprint density at radius 1 is 1.04 bits per heavy atom. The van der Waals surface area contributed by atoms with E-state index in [0.29, 0.717) is 11.7 Å². The van der Waals surface area contributed by atoms with Gasteiger partial charge in [0.2, 0.25) is 0 Å². The van der Waals surface area contributed by atoms with E-state index in [0.717, 1.165) is 43.4 Å². The van der Waals surface area contributed by atoms with Crippen LogP contribution in [-0.2, 0) is 0 Å². The van der Waals surface area contributed by atoms with Crippen molar-refractivity contribution in [2.45, 2.75) is 6.92 Å². The number of aromatic nitrogens is 5. The number of hydrogen-bond acceptors (Lipinski definition) is 8. The fraction of sp³-hybridized carbons (Fsp3) is 0.312. The van der Waals surface area contributed by atoms with Crippen LogP contribution in [0.2, 0.25) is 0 Å². The molecule has 0 bridgehead atoms. The number of anilines is 2. The van der Waals surface area contributed by atoms with Gasteiger partial charge in [-0.1, -0.05) is 11.2 Å². The summed E-state index contributed by atoms with van der Waals surface area (Å²) in [6.45, 7) is 5.23. The van der Waals surface area contributed by atoms with Crippen LogP contribution in [-0.4, -0.2) is 51.3 Å². The molecule has 0 spiro atoms. The largest absolute Gasteiger partial charge is 0.353 e. The minimum absolute atomic E-state index is 0.454. The Labute approximate surface area is 139 Å². The fourth-order valence-corrected chi connectivity index (χ4v) is 2.82. The van der Waals surface area contributed by atoms with Gasteiger partial charge < -0.3 is 14.3 Å². The van der Waals surface area contributed by atoms with Crippen LogP contribution < -0.4 is 9.80 Å². The lowest BCUT2D eigenvalue weighted by atomic mass is 10.2. The minimum atomic E-state index is 0.454. The number of hydrogen-bond donors (Lipinski definition) is 0. The van der Waals surface area contributed by atoms with E-state index in [-0.39, 0.29) is 0 Å². The lowest BCUT2D eigenvalue weighted by Crippen LogP contribution is -2.47. The van der Waals surface area contributed by atoms with Gasteiger partial charge in [0.15, 0.2) is 5.82 Å². The van der Waals surface area contributed by atoms with Crippen molar-refractivity contribution in [2.75, 3.05) is 36.0 Å². The average molecular weight is 323 g/mol. The van der Waals surface area contributed by atoms with E-state index in [1.807, 2.05) is 24.4 Å². The van der Waals surface area contributed by atoms with Gasteiger partial charge in [0, 0.05) is 38.6 Å². The second kappa shape index (κ2) is 6.23. The monoisotopic (exact) mass is 323 g/mol. The van der Waals surface area contributed by atoms with E-state index in [2.05, 4.69) is 34.9 Å². The first-order chi connectivity index (χ1) is 11.8. The van der Waals surface area contributed by atoms with E-state index in [1.165, 1.54) is 0 Å². The van der Waals surface area contributed by atoms with Crippen molar-refractivity contribution in [3.63, 3.8) is 0 Å². The number of nitrogens with zero attached hydrogens (tertiary/aromatic N) is 7. The van der Waals surface area contributed by atoms with Gasteiger partial charge in [0.05, 0.1) is 0 Å². The van der Waals surface area contributed by atoms with Gasteiger partial charge in [0.25, 0.3) is 5.89 Å². The van der Waals surface area contributed by atoms with Crippen LogP contribution in [0.3, 0.4) is 0 Å². The summed E-state index contributed by atoms with van der Waals surface area (Å²) >= 11 is 0. The molecule has 0 aromatic carbocycles. The zero-order valence-electron chi connectivity index (χ0n) is 13.3. The van der Waals surface area contributed by atoms with Gasteiger partial charge in [-0.15, -0.1) is 0 Å². The smallest absolute Gasteiger partial charge is 0.263 e. The van der Waals surface area contributed by atoms with Gasteiger partial charge in [0.1, 0.15) is 23.5 Å². The molecular formula is C16H17N7O. The lowest BCUT2D eigenvalue weighted by molar-refractivity contribution is 0.425. The quantitative estimate of drug-likeness (QED) is 0.718. The van der Waals surface area contributed by atoms with Crippen LogP contribution in [0.1, 0.15) is 5.82 Å². The minimum Gasteiger partial charge on any atom is -0.353 e. The molecule has 4 heterocycles. The van der Waals surface area contributed by atoms with Crippen molar-refractivity contribution in [3.05, 3.63) is 42.7 Å². The predicted octanol–water partition coefficient (Wildman–Crippen LogP) is 1.56. The van der Waals surface area contributed by atoms with Crippen LogP contribution in [0.4, 0.5) is 11.6 Å². The molecular weight excluding hydrogens is 306 g/mol. The Kier molecular flexibility index (Phi) is 3.78. The second-order valence-corrected chi connectivity index (χ2v) is 5.57. The third-order valence-electron chi connectivity index (χ3n) is 4.00. The van der Waals surface area contributed by atoms with Crippen molar-refractivity contribution < 1.29 is 4.52 Å². The van der Waals surface area contributed by atoms with Crippen LogP contribution in [0.15, 0.2) is 41.4 Å². The molecule has 0 radical (unpaired) electrons. The Bertz CT molecular complexity index is 812. The highest BCUT2D eigenvalue weighted by molar-refractivity contribution is 5.69. The summed E-state index contributed by atoms with van der Waals surface area (Å²) in [5.41, 5.74) is 0.768. The highest BCUT2D eigenvalue weighted by atomic mass is 16.5. The molecule has 0 atom stereocenters. The van der Waals surface area contributed by atoms with E-state index in [4.69, 9.17) is 4.52 Å². The number of pyridine rings is 1. The standard InChI is InChI=1S/C16H17N7O/c1-12-20-16(24-21-12)13-10-17-11-19-15(13)23-8-6-22(7-9-23)14-4-2-3-5-18-14/h2-5,10-11H,6-9H2,1H3. The summed E-state index contributed by atoms with van der Waals surface area (Å²) in [7, 11) is 0. The van der Waals surface area contributed by atoms with Crippen molar-refractivity contribution >= 4 is 11.6 Å². The summed E-state index contributed by atoms with van der Waals surface area (Å²) < 4.78 is 5.28. The maximum absolute atomic E-state index is 5.28. The third kappa shape index (κ3) is 2.78. The Balaban J connectivity index is 1.54. The number of piperazine rings is 1. The summed E-state index contributed by atoms with van der Waals surface area (Å²) in [5, 5.41) is 3.85. The maximum atomic E-state index is 5.28. The molecule has 1 aliphatic heterocycles. The molecule has 0 amide bonds. The third-order valence-corrected chi connectivity index (χ3v) is 4.00. The zero-order valence-corrected chi connectivity index (χ0v) is 13.3. The molecule has 0 saturated carbocycles. The summed E-state index contributed by atoms with van der Waals surface area (Å²) in [5.74, 6) is 2.89. The molecule has 0 aliphatic carbocycles.